The lowest BCUT2D eigenvalue weighted by atomic mass is 9.86. The number of aromatic hydroxyl groups is 1. The molecule has 2 atom stereocenters. The van der Waals surface area contributed by atoms with Gasteiger partial charge in [-0.25, -0.2) is 0 Å². The number of aromatic amines is 1. The number of rotatable bonds is 7. The third kappa shape index (κ3) is 3.00. The van der Waals surface area contributed by atoms with Crippen LogP contribution in [0.1, 0.15) is 12.1 Å². The van der Waals surface area contributed by atoms with Gasteiger partial charge in [0.1, 0.15) is 5.75 Å². The Labute approximate surface area is 140 Å². The van der Waals surface area contributed by atoms with E-state index in [1.54, 1.807) is 24.4 Å². The molecule has 0 saturated carbocycles. The van der Waals surface area contributed by atoms with Crippen LogP contribution in [0.3, 0.4) is 0 Å². The summed E-state index contributed by atoms with van der Waals surface area (Å²) in [7, 11) is 0. The van der Waals surface area contributed by atoms with Gasteiger partial charge < -0.3 is 20.3 Å². The molecule has 2 aromatic heterocycles. The lowest BCUT2D eigenvalue weighted by molar-refractivity contribution is 0.175. The van der Waals surface area contributed by atoms with E-state index in [1.165, 1.54) is 0 Å². The van der Waals surface area contributed by atoms with Crippen LogP contribution < -0.4 is 0 Å². The number of aliphatic hydroxyl groups is 2. The predicted molar refractivity (Wildman–Crippen MR) is 94.9 cm³/mol. The van der Waals surface area contributed by atoms with Gasteiger partial charge in [0.15, 0.2) is 0 Å². The van der Waals surface area contributed by atoms with Crippen molar-refractivity contribution in [2.75, 3.05) is 13.2 Å². The van der Waals surface area contributed by atoms with Crippen LogP contribution in [0.5, 0.6) is 5.75 Å². The molecular formula is C19H22N2O3. The standard InChI is InChI=1S/C19H22N2O3/c1-2-12(11-23)13(6-8-22)9-18-19-15(5-7-20-18)16-10-14(24)3-4-17(16)21-19/h2-5,7,10,12-13,21-24H,1,6,8-9,11H2. The molecule has 0 amide bonds. The largest absolute Gasteiger partial charge is 0.508 e. The van der Waals surface area contributed by atoms with Crippen molar-refractivity contribution < 1.29 is 15.3 Å². The third-order valence-electron chi connectivity index (χ3n) is 4.66. The smallest absolute Gasteiger partial charge is 0.116 e. The molecular weight excluding hydrogens is 304 g/mol. The summed E-state index contributed by atoms with van der Waals surface area (Å²) in [6.45, 7) is 3.85. The summed E-state index contributed by atoms with van der Waals surface area (Å²) in [5, 5.41) is 30.6. The number of H-pyrrole nitrogens is 1. The Morgan fingerprint density at radius 2 is 2.04 bits per heavy atom. The topological polar surface area (TPSA) is 89.4 Å². The first kappa shape index (κ1) is 16.5. The SMILES string of the molecule is C=CC(CO)C(CCO)Cc1nccc2c1[nH]c1ccc(O)cc12. The number of aliphatic hydroxyl groups excluding tert-OH is 2. The monoisotopic (exact) mass is 326 g/mol. The molecule has 0 aliphatic heterocycles. The van der Waals surface area contributed by atoms with Crippen LogP contribution in [-0.2, 0) is 6.42 Å². The first-order valence-corrected chi connectivity index (χ1v) is 8.10. The highest BCUT2D eigenvalue weighted by Crippen LogP contribution is 2.31. The van der Waals surface area contributed by atoms with Crippen molar-refractivity contribution in [1.82, 2.24) is 9.97 Å². The first-order valence-electron chi connectivity index (χ1n) is 8.10. The van der Waals surface area contributed by atoms with E-state index < -0.39 is 0 Å². The van der Waals surface area contributed by atoms with Gasteiger partial charge >= 0.3 is 0 Å². The summed E-state index contributed by atoms with van der Waals surface area (Å²) >= 11 is 0. The summed E-state index contributed by atoms with van der Waals surface area (Å²) in [5.74, 6) is 0.213. The van der Waals surface area contributed by atoms with Gasteiger partial charge in [-0.3, -0.25) is 4.98 Å². The molecule has 3 aromatic rings. The second-order valence-corrected chi connectivity index (χ2v) is 6.09. The molecule has 0 fully saturated rings. The fourth-order valence-electron chi connectivity index (χ4n) is 3.32. The molecule has 5 heteroatoms. The van der Waals surface area contributed by atoms with Crippen LogP contribution in [0.4, 0.5) is 0 Å². The summed E-state index contributed by atoms with van der Waals surface area (Å²) in [5.41, 5.74) is 2.77. The van der Waals surface area contributed by atoms with E-state index >= 15 is 0 Å². The van der Waals surface area contributed by atoms with E-state index in [0.29, 0.717) is 12.8 Å². The van der Waals surface area contributed by atoms with Crippen molar-refractivity contribution in [2.45, 2.75) is 12.8 Å². The molecule has 24 heavy (non-hydrogen) atoms. The normalized spacial score (nSPS) is 14.1. The van der Waals surface area contributed by atoms with E-state index in [-0.39, 0.29) is 30.8 Å². The van der Waals surface area contributed by atoms with Gasteiger partial charge in [0.05, 0.1) is 11.2 Å². The Morgan fingerprint density at radius 3 is 2.75 bits per heavy atom. The summed E-state index contributed by atoms with van der Waals surface area (Å²) in [6, 6.07) is 7.16. The van der Waals surface area contributed by atoms with Crippen LogP contribution in [0.15, 0.2) is 43.1 Å². The minimum Gasteiger partial charge on any atom is -0.508 e. The summed E-state index contributed by atoms with van der Waals surface area (Å²) in [6.07, 6.45) is 4.71. The fraction of sp³-hybridized carbons (Fsp3) is 0.316. The second-order valence-electron chi connectivity index (χ2n) is 6.09. The van der Waals surface area contributed by atoms with Gasteiger partial charge in [0.25, 0.3) is 0 Å². The summed E-state index contributed by atoms with van der Waals surface area (Å²) < 4.78 is 0. The van der Waals surface area contributed by atoms with Crippen molar-refractivity contribution in [3.05, 3.63) is 48.8 Å². The fourth-order valence-corrected chi connectivity index (χ4v) is 3.32. The minimum absolute atomic E-state index is 0.00468. The zero-order valence-electron chi connectivity index (χ0n) is 13.4. The molecule has 3 rings (SSSR count). The molecule has 0 aliphatic carbocycles. The average Bonchev–Trinajstić information content (AvgIpc) is 2.95. The molecule has 2 heterocycles. The van der Waals surface area contributed by atoms with Crippen LogP contribution in [0.25, 0.3) is 21.8 Å². The number of benzene rings is 1. The van der Waals surface area contributed by atoms with Gasteiger partial charge in [0, 0.05) is 41.6 Å². The number of pyridine rings is 1. The number of nitrogens with one attached hydrogen (secondary N) is 1. The van der Waals surface area contributed by atoms with Crippen LogP contribution in [0.2, 0.25) is 0 Å². The zero-order chi connectivity index (χ0) is 17.1. The maximum absolute atomic E-state index is 9.73. The van der Waals surface area contributed by atoms with Crippen LogP contribution in [0, 0.1) is 11.8 Å². The van der Waals surface area contributed by atoms with Gasteiger partial charge in [-0.15, -0.1) is 6.58 Å². The number of hydrogen-bond acceptors (Lipinski definition) is 4. The Hall–Kier alpha value is -2.37. The van der Waals surface area contributed by atoms with Crippen LogP contribution >= 0.6 is 0 Å². The molecule has 0 spiro atoms. The summed E-state index contributed by atoms with van der Waals surface area (Å²) in [4.78, 5) is 7.88. The molecule has 0 bridgehead atoms. The Balaban J connectivity index is 2.05. The van der Waals surface area contributed by atoms with Crippen molar-refractivity contribution in [3.8, 4) is 5.75 Å². The van der Waals surface area contributed by atoms with E-state index in [1.807, 2.05) is 12.1 Å². The molecule has 0 saturated heterocycles. The maximum Gasteiger partial charge on any atom is 0.116 e. The lowest BCUT2D eigenvalue weighted by Crippen LogP contribution is -2.20. The number of hydrogen-bond donors (Lipinski definition) is 4. The molecule has 2 unspecified atom stereocenters. The highest BCUT2D eigenvalue weighted by molar-refractivity contribution is 6.08. The zero-order valence-corrected chi connectivity index (χ0v) is 13.4. The number of phenols is 1. The maximum atomic E-state index is 9.73. The Morgan fingerprint density at radius 1 is 1.21 bits per heavy atom. The number of nitrogens with zero attached hydrogens (tertiary/aromatic N) is 1. The Kier molecular flexibility index (Phi) is 4.83. The number of aromatic nitrogens is 2. The van der Waals surface area contributed by atoms with E-state index in [0.717, 1.165) is 27.5 Å². The van der Waals surface area contributed by atoms with Gasteiger partial charge in [-0.05, 0) is 43.0 Å². The molecule has 4 N–H and O–H groups in total. The Bertz CT molecular complexity index is 856. The first-order chi connectivity index (χ1) is 11.7. The quantitative estimate of drug-likeness (QED) is 0.503. The van der Waals surface area contributed by atoms with E-state index in [2.05, 4.69) is 16.5 Å². The van der Waals surface area contributed by atoms with Crippen molar-refractivity contribution in [3.63, 3.8) is 0 Å². The van der Waals surface area contributed by atoms with Gasteiger partial charge in [0.2, 0.25) is 0 Å². The van der Waals surface area contributed by atoms with E-state index in [9.17, 15) is 15.3 Å². The van der Waals surface area contributed by atoms with Crippen molar-refractivity contribution in [2.24, 2.45) is 11.8 Å². The van der Waals surface area contributed by atoms with E-state index in [4.69, 9.17) is 0 Å². The van der Waals surface area contributed by atoms with Crippen molar-refractivity contribution in [1.29, 1.82) is 0 Å². The highest BCUT2D eigenvalue weighted by atomic mass is 16.3. The molecule has 0 aliphatic rings. The molecule has 0 radical (unpaired) electrons. The second kappa shape index (κ2) is 7.03. The molecule has 126 valence electrons. The highest BCUT2D eigenvalue weighted by Gasteiger charge is 2.21. The van der Waals surface area contributed by atoms with Crippen LogP contribution in [-0.4, -0.2) is 38.5 Å². The van der Waals surface area contributed by atoms with Gasteiger partial charge in [-0.1, -0.05) is 6.08 Å². The van der Waals surface area contributed by atoms with Gasteiger partial charge in [-0.2, -0.15) is 0 Å². The number of fused-ring (bicyclic) bond motifs is 3. The third-order valence-corrected chi connectivity index (χ3v) is 4.66. The minimum atomic E-state index is -0.0809. The predicted octanol–water partition coefficient (Wildman–Crippen LogP) is 2.76. The molecule has 5 nitrogen and oxygen atoms in total. The average molecular weight is 326 g/mol. The lowest BCUT2D eigenvalue weighted by Gasteiger charge is -2.22. The van der Waals surface area contributed by atoms with Crippen molar-refractivity contribution >= 4 is 21.8 Å². The molecule has 1 aromatic carbocycles. The number of phenolic OH excluding ortho intramolecular Hbond substituents is 1.